The van der Waals surface area contributed by atoms with Gasteiger partial charge >= 0.3 is 0 Å². The fourth-order valence-corrected chi connectivity index (χ4v) is 3.68. The number of sulfonamides is 1. The van der Waals surface area contributed by atoms with Crippen LogP contribution < -0.4 is 10.0 Å². The number of anilines is 3. The van der Waals surface area contributed by atoms with Gasteiger partial charge in [0.2, 0.25) is 0 Å². The van der Waals surface area contributed by atoms with Crippen LogP contribution in [0, 0.1) is 6.92 Å². The molecule has 2 N–H and O–H groups in total. The van der Waals surface area contributed by atoms with Crippen molar-refractivity contribution < 1.29 is 8.42 Å². The molecule has 3 heterocycles. The molecule has 0 radical (unpaired) electrons. The maximum absolute atomic E-state index is 12.5. The number of aryl methyl sites for hydroxylation is 2. The van der Waals surface area contributed by atoms with Crippen molar-refractivity contribution >= 4 is 27.2 Å². The summed E-state index contributed by atoms with van der Waals surface area (Å²) in [7, 11) is -2.01. The third kappa shape index (κ3) is 4.09. The second kappa shape index (κ2) is 7.36. The zero-order valence-corrected chi connectivity index (χ0v) is 16.5. The number of hydrogen-bond acceptors (Lipinski definition) is 7. The van der Waals surface area contributed by atoms with E-state index in [9.17, 15) is 8.42 Å². The highest BCUT2D eigenvalue weighted by Crippen LogP contribution is 2.20. The molecular weight excluding hydrogens is 392 g/mol. The van der Waals surface area contributed by atoms with Crippen molar-refractivity contribution in [3.8, 4) is 5.82 Å². The Morgan fingerprint density at radius 2 is 1.83 bits per heavy atom. The van der Waals surface area contributed by atoms with Gasteiger partial charge in [0.25, 0.3) is 10.0 Å². The maximum Gasteiger partial charge on any atom is 0.280 e. The lowest BCUT2D eigenvalue weighted by Gasteiger charge is -2.09. The largest absolute Gasteiger partial charge is 0.340 e. The number of nitrogens with zero attached hydrogens (tertiary/aromatic N) is 6. The molecule has 3 aromatic heterocycles. The molecule has 0 amide bonds. The summed E-state index contributed by atoms with van der Waals surface area (Å²) in [6.45, 7) is 1.74. The van der Waals surface area contributed by atoms with E-state index in [1.165, 1.54) is 12.5 Å². The average molecular weight is 410 g/mol. The van der Waals surface area contributed by atoms with Crippen LogP contribution in [0.4, 0.5) is 17.2 Å². The first-order chi connectivity index (χ1) is 13.9. The Morgan fingerprint density at radius 1 is 1.07 bits per heavy atom. The van der Waals surface area contributed by atoms with Crippen LogP contribution in [0.1, 0.15) is 5.82 Å². The summed E-state index contributed by atoms with van der Waals surface area (Å²) >= 11 is 0. The normalized spacial score (nSPS) is 11.4. The zero-order chi connectivity index (χ0) is 20.4. The van der Waals surface area contributed by atoms with E-state index in [0.717, 1.165) is 5.69 Å². The lowest BCUT2D eigenvalue weighted by molar-refractivity contribution is 0.598. The third-order valence-electron chi connectivity index (χ3n) is 4.16. The number of hydrogen-bond donors (Lipinski definition) is 2. The minimum Gasteiger partial charge on any atom is -0.340 e. The van der Waals surface area contributed by atoms with E-state index in [0.29, 0.717) is 23.1 Å². The predicted octanol–water partition coefficient (Wildman–Crippen LogP) is 2.25. The van der Waals surface area contributed by atoms with Crippen LogP contribution in [0.15, 0.2) is 66.3 Å². The molecule has 0 unspecified atom stereocenters. The molecule has 4 aromatic rings. The maximum atomic E-state index is 12.5. The van der Waals surface area contributed by atoms with E-state index in [1.807, 2.05) is 0 Å². The standard InChI is InChI=1S/C18H18N8O2S/c1-13-22-18(11-25(13)2)29(27,28)24-15-6-4-14(5-7-15)23-16-10-17(20-12-19-16)26-9-3-8-21-26/h3-12,24H,1-2H3,(H,19,20,23). The zero-order valence-electron chi connectivity index (χ0n) is 15.7. The highest BCUT2D eigenvalue weighted by Gasteiger charge is 2.18. The quantitative estimate of drug-likeness (QED) is 0.500. The highest BCUT2D eigenvalue weighted by molar-refractivity contribution is 7.92. The molecular formula is C18H18N8O2S. The molecule has 148 valence electrons. The first-order valence-corrected chi connectivity index (χ1v) is 10.1. The van der Waals surface area contributed by atoms with Crippen molar-refractivity contribution in [1.82, 2.24) is 29.3 Å². The topological polar surface area (TPSA) is 120 Å². The van der Waals surface area contributed by atoms with Crippen LogP contribution in [0.25, 0.3) is 5.82 Å². The minimum absolute atomic E-state index is 0.0214. The fourth-order valence-electron chi connectivity index (χ4n) is 2.58. The summed E-state index contributed by atoms with van der Waals surface area (Å²) in [5.74, 6) is 1.83. The lowest BCUT2D eigenvalue weighted by Crippen LogP contribution is -2.13. The molecule has 0 aliphatic rings. The molecule has 4 rings (SSSR count). The van der Waals surface area contributed by atoms with Crippen molar-refractivity contribution in [1.29, 1.82) is 0 Å². The molecule has 0 spiro atoms. The molecule has 0 aliphatic carbocycles. The van der Waals surface area contributed by atoms with E-state index in [-0.39, 0.29) is 5.03 Å². The smallest absolute Gasteiger partial charge is 0.280 e. The Bertz CT molecular complexity index is 1210. The summed E-state index contributed by atoms with van der Waals surface area (Å²) < 4.78 is 30.7. The van der Waals surface area contributed by atoms with E-state index in [4.69, 9.17) is 0 Å². The predicted molar refractivity (Wildman–Crippen MR) is 108 cm³/mol. The molecule has 0 aliphatic heterocycles. The number of rotatable bonds is 6. The number of benzene rings is 1. The first kappa shape index (κ1) is 18.6. The van der Waals surface area contributed by atoms with E-state index >= 15 is 0 Å². The minimum atomic E-state index is -3.75. The third-order valence-corrected chi connectivity index (χ3v) is 5.41. The van der Waals surface area contributed by atoms with E-state index < -0.39 is 10.0 Å². The molecule has 1 aromatic carbocycles. The molecule has 11 heteroatoms. The number of imidazole rings is 1. The summed E-state index contributed by atoms with van der Waals surface area (Å²) in [6.07, 6.45) is 6.37. The van der Waals surface area contributed by atoms with Gasteiger partial charge in [0.1, 0.15) is 18.0 Å². The monoisotopic (exact) mass is 410 g/mol. The van der Waals surface area contributed by atoms with Crippen LogP contribution >= 0.6 is 0 Å². The molecule has 29 heavy (non-hydrogen) atoms. The summed E-state index contributed by atoms with van der Waals surface area (Å²) in [5, 5.41) is 7.27. The molecule has 10 nitrogen and oxygen atoms in total. The molecule has 0 saturated carbocycles. The Morgan fingerprint density at radius 3 is 2.48 bits per heavy atom. The van der Waals surface area contributed by atoms with Gasteiger partial charge in [-0.2, -0.15) is 13.5 Å². The Balaban J connectivity index is 1.48. The van der Waals surface area contributed by atoms with Crippen molar-refractivity contribution in [2.45, 2.75) is 11.9 Å². The van der Waals surface area contributed by atoms with Crippen LogP contribution in [0.3, 0.4) is 0 Å². The van der Waals surface area contributed by atoms with Gasteiger partial charge in [0, 0.05) is 43.1 Å². The SMILES string of the molecule is Cc1nc(S(=O)(=O)Nc2ccc(Nc3cc(-n4cccn4)ncn3)cc2)cn1C. The first-order valence-electron chi connectivity index (χ1n) is 8.63. The van der Waals surface area contributed by atoms with Crippen molar-refractivity contribution in [3.05, 3.63) is 67.1 Å². The van der Waals surface area contributed by atoms with Gasteiger partial charge in [-0.15, -0.1) is 0 Å². The summed E-state index contributed by atoms with van der Waals surface area (Å²) in [6, 6.07) is 10.4. The van der Waals surface area contributed by atoms with Gasteiger partial charge in [-0.05, 0) is 37.3 Å². The van der Waals surface area contributed by atoms with Gasteiger partial charge in [-0.25, -0.2) is 19.6 Å². The van der Waals surface area contributed by atoms with Crippen molar-refractivity contribution in [2.24, 2.45) is 7.05 Å². The average Bonchev–Trinajstić information content (AvgIpc) is 3.34. The van der Waals surface area contributed by atoms with Crippen LogP contribution in [-0.2, 0) is 17.1 Å². The van der Waals surface area contributed by atoms with Crippen molar-refractivity contribution in [3.63, 3.8) is 0 Å². The molecule has 0 fully saturated rings. The highest BCUT2D eigenvalue weighted by atomic mass is 32.2. The van der Waals surface area contributed by atoms with Gasteiger partial charge in [0.15, 0.2) is 10.8 Å². The number of aromatic nitrogens is 6. The second-order valence-corrected chi connectivity index (χ2v) is 7.89. The second-order valence-electron chi connectivity index (χ2n) is 6.26. The van der Waals surface area contributed by atoms with Gasteiger partial charge in [-0.1, -0.05) is 0 Å². The van der Waals surface area contributed by atoms with Gasteiger partial charge < -0.3 is 9.88 Å². The van der Waals surface area contributed by atoms with Gasteiger partial charge in [-0.3, -0.25) is 4.72 Å². The van der Waals surface area contributed by atoms with Crippen LogP contribution in [-0.4, -0.2) is 37.7 Å². The molecule has 0 atom stereocenters. The Kier molecular flexibility index (Phi) is 4.72. The lowest BCUT2D eigenvalue weighted by atomic mass is 10.3. The number of nitrogens with one attached hydrogen (secondary N) is 2. The van der Waals surface area contributed by atoms with E-state index in [1.54, 1.807) is 72.0 Å². The summed E-state index contributed by atoms with van der Waals surface area (Å²) in [5.41, 5.74) is 1.17. The molecule has 0 saturated heterocycles. The Hall–Kier alpha value is -3.73. The van der Waals surface area contributed by atoms with Crippen molar-refractivity contribution in [2.75, 3.05) is 10.0 Å². The van der Waals surface area contributed by atoms with Crippen LogP contribution in [0.5, 0.6) is 0 Å². The fraction of sp³-hybridized carbons (Fsp3) is 0.111. The van der Waals surface area contributed by atoms with Crippen LogP contribution in [0.2, 0.25) is 0 Å². The van der Waals surface area contributed by atoms with Gasteiger partial charge in [0.05, 0.1) is 0 Å². The van der Waals surface area contributed by atoms with E-state index in [2.05, 4.69) is 30.1 Å². The Labute approximate surface area is 167 Å². The summed E-state index contributed by atoms with van der Waals surface area (Å²) in [4.78, 5) is 12.4. The molecule has 0 bridgehead atoms.